The minimum atomic E-state index is -3.56. The van der Waals surface area contributed by atoms with Crippen LogP contribution in [0.25, 0.3) is 0 Å². The molecule has 4 rings (SSSR count). The van der Waals surface area contributed by atoms with E-state index in [1.807, 2.05) is 25.5 Å². The van der Waals surface area contributed by atoms with Gasteiger partial charge in [0.1, 0.15) is 18.0 Å². The van der Waals surface area contributed by atoms with Gasteiger partial charge in [0, 0.05) is 57.1 Å². The van der Waals surface area contributed by atoms with E-state index in [2.05, 4.69) is 39.8 Å². The van der Waals surface area contributed by atoms with Crippen molar-refractivity contribution in [2.75, 3.05) is 31.1 Å². The molecule has 0 amide bonds. The summed E-state index contributed by atoms with van der Waals surface area (Å²) < 4.78 is 29.7. The standard InChI is InChI=1S/C20H30N6O2S/c1-13(2)17-6-18(22-12-21-17)25-7-15-9-26(10-16(15)8-25)29(27,28)19-11-24(5)20(23-19)14(3)4/h6,11-16H,7-10H2,1-5H3. The van der Waals surface area contributed by atoms with Gasteiger partial charge in [-0.15, -0.1) is 0 Å². The molecule has 0 aromatic carbocycles. The number of anilines is 1. The fourth-order valence-corrected chi connectivity index (χ4v) is 5.97. The van der Waals surface area contributed by atoms with Gasteiger partial charge in [0.25, 0.3) is 10.0 Å². The van der Waals surface area contributed by atoms with Gasteiger partial charge in [-0.25, -0.2) is 23.4 Å². The lowest BCUT2D eigenvalue weighted by Crippen LogP contribution is -2.33. The average molecular weight is 419 g/mol. The Morgan fingerprint density at radius 2 is 1.66 bits per heavy atom. The number of aryl methyl sites for hydroxylation is 1. The van der Waals surface area contributed by atoms with Crippen LogP contribution in [0.2, 0.25) is 0 Å². The number of aromatic nitrogens is 4. The largest absolute Gasteiger partial charge is 0.356 e. The van der Waals surface area contributed by atoms with E-state index in [0.29, 0.717) is 30.8 Å². The third-order valence-electron chi connectivity index (χ3n) is 6.05. The Bertz CT molecular complexity index is 986. The van der Waals surface area contributed by atoms with Crippen molar-refractivity contribution in [2.24, 2.45) is 18.9 Å². The van der Waals surface area contributed by atoms with E-state index in [0.717, 1.165) is 30.4 Å². The molecule has 2 aromatic heterocycles. The molecular weight excluding hydrogens is 388 g/mol. The van der Waals surface area contributed by atoms with Gasteiger partial charge in [0.05, 0.1) is 0 Å². The highest BCUT2D eigenvalue weighted by Crippen LogP contribution is 2.36. The van der Waals surface area contributed by atoms with E-state index in [-0.39, 0.29) is 10.9 Å². The maximum atomic E-state index is 13.1. The third-order valence-corrected chi connectivity index (χ3v) is 7.76. The fourth-order valence-electron chi connectivity index (χ4n) is 4.43. The van der Waals surface area contributed by atoms with Crippen LogP contribution in [0.4, 0.5) is 5.82 Å². The first-order valence-electron chi connectivity index (χ1n) is 10.3. The van der Waals surface area contributed by atoms with Gasteiger partial charge in [0.2, 0.25) is 0 Å². The topological polar surface area (TPSA) is 84.2 Å². The fraction of sp³-hybridized carbons (Fsp3) is 0.650. The second-order valence-electron chi connectivity index (χ2n) is 8.91. The van der Waals surface area contributed by atoms with Crippen molar-refractivity contribution in [2.45, 2.75) is 44.6 Å². The number of hydrogen-bond acceptors (Lipinski definition) is 6. The summed E-state index contributed by atoms with van der Waals surface area (Å²) in [5.41, 5.74) is 1.03. The zero-order valence-electron chi connectivity index (χ0n) is 17.8. The lowest BCUT2D eigenvalue weighted by atomic mass is 10.0. The van der Waals surface area contributed by atoms with Gasteiger partial charge >= 0.3 is 0 Å². The molecular formula is C20H30N6O2S. The molecule has 8 nitrogen and oxygen atoms in total. The summed E-state index contributed by atoms with van der Waals surface area (Å²) >= 11 is 0. The molecule has 29 heavy (non-hydrogen) atoms. The second-order valence-corrected chi connectivity index (χ2v) is 10.8. The summed E-state index contributed by atoms with van der Waals surface area (Å²) in [5, 5.41) is 0.165. The van der Waals surface area contributed by atoms with Crippen molar-refractivity contribution in [3.63, 3.8) is 0 Å². The molecule has 0 N–H and O–H groups in total. The van der Waals surface area contributed by atoms with Crippen LogP contribution >= 0.6 is 0 Å². The van der Waals surface area contributed by atoms with E-state index in [9.17, 15) is 8.42 Å². The van der Waals surface area contributed by atoms with Crippen molar-refractivity contribution >= 4 is 15.8 Å². The summed E-state index contributed by atoms with van der Waals surface area (Å²) in [5.74, 6) is 2.90. The molecule has 2 unspecified atom stereocenters. The molecule has 4 heterocycles. The van der Waals surface area contributed by atoms with Gasteiger partial charge in [-0.2, -0.15) is 4.31 Å². The molecule has 0 aliphatic carbocycles. The minimum absolute atomic E-state index is 0.165. The SMILES string of the molecule is CC(C)c1cc(N2CC3CN(S(=O)(=O)c4cn(C)c(C(C)C)n4)CC3C2)ncn1. The first kappa shape index (κ1) is 20.3. The molecule has 2 fully saturated rings. The smallest absolute Gasteiger partial charge is 0.262 e. The summed E-state index contributed by atoms with van der Waals surface area (Å²) in [6, 6.07) is 2.06. The molecule has 0 bridgehead atoms. The zero-order valence-corrected chi connectivity index (χ0v) is 18.6. The van der Waals surface area contributed by atoms with Crippen LogP contribution in [0, 0.1) is 11.8 Å². The molecule has 158 valence electrons. The van der Waals surface area contributed by atoms with Gasteiger partial charge in [-0.05, 0) is 17.8 Å². The van der Waals surface area contributed by atoms with Gasteiger partial charge in [-0.1, -0.05) is 27.7 Å². The van der Waals surface area contributed by atoms with Gasteiger partial charge in [0.15, 0.2) is 5.03 Å². The second kappa shape index (κ2) is 7.36. The van der Waals surface area contributed by atoms with Crippen molar-refractivity contribution in [3.05, 3.63) is 30.1 Å². The Hall–Kier alpha value is -2.00. The molecule has 0 radical (unpaired) electrons. The number of rotatable bonds is 5. The molecule has 0 saturated carbocycles. The lowest BCUT2D eigenvalue weighted by molar-refractivity contribution is 0.450. The molecule has 9 heteroatoms. The van der Waals surface area contributed by atoms with E-state index in [1.165, 1.54) is 0 Å². The number of nitrogens with zero attached hydrogens (tertiary/aromatic N) is 6. The highest BCUT2D eigenvalue weighted by Gasteiger charge is 2.45. The highest BCUT2D eigenvalue weighted by atomic mass is 32.2. The average Bonchev–Trinajstić information content (AvgIpc) is 3.34. The molecule has 2 aliphatic rings. The summed E-state index contributed by atoms with van der Waals surface area (Å²) in [7, 11) is -1.71. The predicted molar refractivity (Wildman–Crippen MR) is 111 cm³/mol. The number of imidazole rings is 1. The summed E-state index contributed by atoms with van der Waals surface area (Å²) in [4.78, 5) is 15.5. The maximum Gasteiger partial charge on any atom is 0.262 e. The van der Waals surface area contributed by atoms with Crippen LogP contribution in [0.5, 0.6) is 0 Å². The van der Waals surface area contributed by atoms with Crippen molar-refractivity contribution in [1.82, 2.24) is 23.8 Å². The van der Waals surface area contributed by atoms with Crippen LogP contribution in [0.15, 0.2) is 23.6 Å². The van der Waals surface area contributed by atoms with Crippen molar-refractivity contribution in [1.29, 1.82) is 0 Å². The molecule has 0 spiro atoms. The molecule has 2 aliphatic heterocycles. The van der Waals surface area contributed by atoms with Crippen LogP contribution in [0.1, 0.15) is 51.0 Å². The number of fused-ring (bicyclic) bond motifs is 1. The Morgan fingerprint density at radius 3 is 2.21 bits per heavy atom. The molecule has 2 atom stereocenters. The number of sulfonamides is 1. The first-order valence-corrected chi connectivity index (χ1v) is 11.7. The Morgan fingerprint density at radius 1 is 1.00 bits per heavy atom. The Labute approximate surface area is 173 Å². The van der Waals surface area contributed by atoms with Crippen LogP contribution in [-0.4, -0.2) is 58.4 Å². The quantitative estimate of drug-likeness (QED) is 0.740. The predicted octanol–water partition coefficient (Wildman–Crippen LogP) is 2.21. The summed E-state index contributed by atoms with van der Waals surface area (Å²) in [6.07, 6.45) is 3.27. The van der Waals surface area contributed by atoms with E-state index in [4.69, 9.17) is 0 Å². The normalized spacial score (nSPS) is 22.8. The lowest BCUT2D eigenvalue weighted by Gasteiger charge is -2.22. The third kappa shape index (κ3) is 3.66. The Kier molecular flexibility index (Phi) is 5.14. The van der Waals surface area contributed by atoms with E-state index in [1.54, 1.807) is 16.8 Å². The van der Waals surface area contributed by atoms with E-state index < -0.39 is 10.0 Å². The molecule has 2 aromatic rings. The minimum Gasteiger partial charge on any atom is -0.356 e. The monoisotopic (exact) mass is 418 g/mol. The first-order chi connectivity index (χ1) is 13.7. The van der Waals surface area contributed by atoms with Gasteiger partial charge < -0.3 is 9.47 Å². The highest BCUT2D eigenvalue weighted by molar-refractivity contribution is 7.89. The van der Waals surface area contributed by atoms with Crippen LogP contribution < -0.4 is 4.90 Å². The van der Waals surface area contributed by atoms with Crippen LogP contribution in [0.3, 0.4) is 0 Å². The van der Waals surface area contributed by atoms with Crippen molar-refractivity contribution < 1.29 is 8.42 Å². The van der Waals surface area contributed by atoms with E-state index >= 15 is 0 Å². The van der Waals surface area contributed by atoms with Crippen LogP contribution in [-0.2, 0) is 17.1 Å². The zero-order chi connectivity index (χ0) is 20.9. The maximum absolute atomic E-state index is 13.1. The summed E-state index contributed by atoms with van der Waals surface area (Å²) in [6.45, 7) is 11.0. The Balaban J connectivity index is 1.47. The van der Waals surface area contributed by atoms with Crippen molar-refractivity contribution in [3.8, 4) is 0 Å². The molecule has 2 saturated heterocycles. The van der Waals surface area contributed by atoms with Gasteiger partial charge in [-0.3, -0.25) is 0 Å². The number of hydrogen-bond donors (Lipinski definition) is 0.